The Morgan fingerprint density at radius 3 is 2.46 bits per heavy atom. The smallest absolute Gasteiger partial charge is 0.303 e. The van der Waals surface area contributed by atoms with Crippen molar-refractivity contribution in [2.75, 3.05) is 6.61 Å². The average molecular weight is 190 g/mol. The van der Waals surface area contributed by atoms with Crippen molar-refractivity contribution in [3.63, 3.8) is 0 Å². The van der Waals surface area contributed by atoms with Gasteiger partial charge in [0.25, 0.3) is 0 Å². The zero-order chi connectivity index (χ0) is 10.3. The Morgan fingerprint density at radius 1 is 1.38 bits per heavy atom. The van der Waals surface area contributed by atoms with Gasteiger partial charge in [-0.25, -0.2) is 0 Å². The molecule has 0 spiro atoms. The van der Waals surface area contributed by atoms with Crippen LogP contribution in [0.2, 0.25) is 0 Å². The van der Waals surface area contributed by atoms with E-state index < -0.39 is 12.1 Å². The molecule has 13 heavy (non-hydrogen) atoms. The van der Waals surface area contributed by atoms with Crippen molar-refractivity contribution in [2.45, 2.75) is 38.7 Å². The predicted molar refractivity (Wildman–Crippen MR) is 48.4 cm³/mol. The summed E-state index contributed by atoms with van der Waals surface area (Å²) in [6, 6.07) is 0. The van der Waals surface area contributed by atoms with Crippen LogP contribution in [0, 0.1) is 5.92 Å². The molecule has 0 heterocycles. The van der Waals surface area contributed by atoms with Crippen LogP contribution in [-0.2, 0) is 4.79 Å². The van der Waals surface area contributed by atoms with Crippen molar-refractivity contribution >= 4 is 5.97 Å². The van der Waals surface area contributed by atoms with Crippen LogP contribution in [0.15, 0.2) is 0 Å². The number of hydrogen-bond donors (Lipinski definition) is 3. The lowest BCUT2D eigenvalue weighted by Crippen LogP contribution is -2.20. The predicted octanol–water partition coefficient (Wildman–Crippen LogP) is 0.621. The highest BCUT2D eigenvalue weighted by Crippen LogP contribution is 2.13. The number of aliphatic hydroxyl groups is 2. The molecule has 0 aromatic rings. The Labute approximate surface area is 78.2 Å². The molecule has 0 aromatic carbocycles. The van der Waals surface area contributed by atoms with Gasteiger partial charge in [-0.15, -0.1) is 0 Å². The van der Waals surface area contributed by atoms with Gasteiger partial charge in [-0.2, -0.15) is 0 Å². The normalized spacial score (nSPS) is 15.3. The highest BCUT2D eigenvalue weighted by Gasteiger charge is 2.16. The molecule has 0 saturated heterocycles. The van der Waals surface area contributed by atoms with Crippen LogP contribution in [0.4, 0.5) is 0 Å². The van der Waals surface area contributed by atoms with Crippen molar-refractivity contribution in [1.29, 1.82) is 0 Å². The van der Waals surface area contributed by atoms with Crippen molar-refractivity contribution < 1.29 is 20.1 Å². The molecule has 0 aliphatic rings. The SMILES string of the molecule is CC(CC(=O)O)C(O)CCCCO. The fourth-order valence-corrected chi connectivity index (χ4v) is 1.16. The van der Waals surface area contributed by atoms with Gasteiger partial charge < -0.3 is 15.3 Å². The van der Waals surface area contributed by atoms with Gasteiger partial charge in [0.1, 0.15) is 0 Å². The number of carboxylic acid groups (broad SMARTS) is 1. The quantitative estimate of drug-likeness (QED) is 0.514. The topological polar surface area (TPSA) is 77.8 Å². The van der Waals surface area contributed by atoms with E-state index in [0.29, 0.717) is 12.8 Å². The Morgan fingerprint density at radius 2 is 2.00 bits per heavy atom. The molecule has 78 valence electrons. The summed E-state index contributed by atoms with van der Waals surface area (Å²) in [5, 5.41) is 26.4. The Kier molecular flexibility index (Phi) is 6.54. The van der Waals surface area contributed by atoms with E-state index in [1.165, 1.54) is 0 Å². The molecule has 3 N–H and O–H groups in total. The number of rotatable bonds is 7. The van der Waals surface area contributed by atoms with Gasteiger partial charge in [0.15, 0.2) is 0 Å². The average Bonchev–Trinajstić information content (AvgIpc) is 2.03. The molecule has 0 aliphatic heterocycles. The third-order valence-electron chi connectivity index (χ3n) is 2.06. The molecule has 0 amide bonds. The lowest BCUT2D eigenvalue weighted by atomic mass is 9.97. The van der Waals surface area contributed by atoms with Crippen molar-refractivity contribution in [3.05, 3.63) is 0 Å². The van der Waals surface area contributed by atoms with Crippen LogP contribution in [-0.4, -0.2) is 34.0 Å². The monoisotopic (exact) mass is 190 g/mol. The van der Waals surface area contributed by atoms with Crippen molar-refractivity contribution in [3.8, 4) is 0 Å². The fraction of sp³-hybridized carbons (Fsp3) is 0.889. The van der Waals surface area contributed by atoms with Crippen molar-refractivity contribution in [2.24, 2.45) is 5.92 Å². The highest BCUT2D eigenvalue weighted by atomic mass is 16.4. The molecule has 0 aliphatic carbocycles. The maximum Gasteiger partial charge on any atom is 0.303 e. The third kappa shape index (κ3) is 6.54. The van der Waals surface area contributed by atoms with Gasteiger partial charge in [0.2, 0.25) is 0 Å². The van der Waals surface area contributed by atoms with Crippen LogP contribution in [0.1, 0.15) is 32.6 Å². The molecular weight excluding hydrogens is 172 g/mol. The summed E-state index contributed by atoms with van der Waals surface area (Å²) in [7, 11) is 0. The second kappa shape index (κ2) is 6.86. The van der Waals surface area contributed by atoms with Crippen LogP contribution < -0.4 is 0 Å². The Bertz CT molecular complexity index is 147. The van der Waals surface area contributed by atoms with Crippen molar-refractivity contribution in [1.82, 2.24) is 0 Å². The fourth-order valence-electron chi connectivity index (χ4n) is 1.16. The largest absolute Gasteiger partial charge is 0.481 e. The van der Waals surface area contributed by atoms with E-state index in [4.69, 9.17) is 10.2 Å². The Hall–Kier alpha value is -0.610. The van der Waals surface area contributed by atoms with E-state index in [2.05, 4.69) is 0 Å². The molecule has 0 rings (SSSR count). The molecule has 0 aromatic heterocycles. The second-order valence-electron chi connectivity index (χ2n) is 3.36. The molecule has 0 bridgehead atoms. The van der Waals surface area contributed by atoms with Crippen LogP contribution in [0.3, 0.4) is 0 Å². The second-order valence-corrected chi connectivity index (χ2v) is 3.36. The Balaban J connectivity index is 3.56. The summed E-state index contributed by atoms with van der Waals surface area (Å²) in [5.74, 6) is -1.09. The van der Waals surface area contributed by atoms with Gasteiger partial charge in [-0.05, 0) is 25.2 Å². The van der Waals surface area contributed by atoms with E-state index in [0.717, 1.165) is 6.42 Å². The summed E-state index contributed by atoms with van der Waals surface area (Å²) in [6.07, 6.45) is 1.40. The first-order valence-electron chi connectivity index (χ1n) is 4.58. The van der Waals surface area contributed by atoms with Gasteiger partial charge in [0, 0.05) is 6.61 Å². The number of carboxylic acids is 1. The molecule has 2 unspecified atom stereocenters. The molecule has 0 radical (unpaired) electrons. The number of aliphatic hydroxyl groups excluding tert-OH is 2. The summed E-state index contributed by atoms with van der Waals surface area (Å²) in [6.45, 7) is 1.85. The van der Waals surface area contributed by atoms with Crippen LogP contribution in [0.25, 0.3) is 0 Å². The zero-order valence-corrected chi connectivity index (χ0v) is 7.94. The van der Waals surface area contributed by atoms with E-state index in [1.54, 1.807) is 6.92 Å². The minimum Gasteiger partial charge on any atom is -0.481 e. The summed E-state index contributed by atoms with van der Waals surface area (Å²) < 4.78 is 0. The van der Waals surface area contributed by atoms with Gasteiger partial charge >= 0.3 is 5.97 Å². The maximum absolute atomic E-state index is 10.3. The van der Waals surface area contributed by atoms with E-state index in [1.807, 2.05) is 0 Å². The van der Waals surface area contributed by atoms with Gasteiger partial charge in [0.05, 0.1) is 12.5 Å². The lowest BCUT2D eigenvalue weighted by molar-refractivity contribution is -0.139. The van der Waals surface area contributed by atoms with Crippen LogP contribution >= 0.6 is 0 Å². The van der Waals surface area contributed by atoms with Gasteiger partial charge in [-0.1, -0.05) is 6.92 Å². The molecular formula is C9H18O4. The maximum atomic E-state index is 10.3. The lowest BCUT2D eigenvalue weighted by Gasteiger charge is -2.16. The molecule has 0 fully saturated rings. The molecule has 2 atom stereocenters. The van der Waals surface area contributed by atoms with E-state index in [9.17, 15) is 9.90 Å². The molecule has 4 heteroatoms. The first-order valence-corrected chi connectivity index (χ1v) is 4.58. The molecule has 4 nitrogen and oxygen atoms in total. The van der Waals surface area contributed by atoms with E-state index in [-0.39, 0.29) is 18.9 Å². The summed E-state index contributed by atoms with van der Waals surface area (Å²) in [4.78, 5) is 10.3. The first-order chi connectivity index (χ1) is 6.07. The number of aliphatic carboxylic acids is 1. The highest BCUT2D eigenvalue weighted by molar-refractivity contribution is 5.67. The zero-order valence-electron chi connectivity index (χ0n) is 7.94. The molecule has 0 saturated carbocycles. The number of unbranched alkanes of at least 4 members (excludes halogenated alkanes) is 1. The van der Waals surface area contributed by atoms with Gasteiger partial charge in [-0.3, -0.25) is 4.79 Å². The number of hydrogen-bond acceptors (Lipinski definition) is 3. The van der Waals surface area contributed by atoms with Crippen LogP contribution in [0.5, 0.6) is 0 Å². The van der Waals surface area contributed by atoms with E-state index >= 15 is 0 Å². The third-order valence-corrected chi connectivity index (χ3v) is 2.06. The first kappa shape index (κ1) is 12.4. The summed E-state index contributed by atoms with van der Waals surface area (Å²) >= 11 is 0. The minimum atomic E-state index is -0.881. The standard InChI is InChI=1S/C9H18O4/c1-7(6-9(12)13)8(11)4-2-3-5-10/h7-8,10-11H,2-6H2,1H3,(H,12,13). The summed E-state index contributed by atoms with van der Waals surface area (Å²) in [5.41, 5.74) is 0. The minimum absolute atomic E-state index is 0.000289. The number of carbonyl (C=O) groups is 1.